The number of halogens is 2. The number of nitrogens with zero attached hydrogens (tertiary/aromatic N) is 3. The first-order valence-electron chi connectivity index (χ1n) is 11.7. The smallest absolute Gasteiger partial charge is 0.268 e. The normalized spacial score (nSPS) is 14.7. The predicted octanol–water partition coefficient (Wildman–Crippen LogP) is 6.13. The van der Waals surface area contributed by atoms with Crippen molar-refractivity contribution >= 4 is 28.9 Å². The Hall–Kier alpha value is -4.17. The molecule has 0 fully saturated rings. The second kappa shape index (κ2) is 10.4. The van der Waals surface area contributed by atoms with Crippen LogP contribution >= 0.6 is 11.6 Å². The van der Waals surface area contributed by atoms with Gasteiger partial charge in [0.1, 0.15) is 11.6 Å². The highest BCUT2D eigenvalue weighted by atomic mass is 35.5. The Morgan fingerprint density at radius 3 is 2.65 bits per heavy atom. The molecule has 0 saturated heterocycles. The fraction of sp³-hybridized carbons (Fsp3) is 0.179. The number of oxime groups is 1. The minimum absolute atomic E-state index is 0.0953. The van der Waals surface area contributed by atoms with Crippen LogP contribution in [0.5, 0.6) is 5.75 Å². The number of aryl methyl sites for hydroxylation is 1. The van der Waals surface area contributed by atoms with E-state index in [1.807, 2.05) is 61.5 Å². The molecule has 0 saturated carbocycles. The molecule has 2 heterocycles. The Morgan fingerprint density at radius 1 is 1.11 bits per heavy atom. The van der Waals surface area contributed by atoms with Gasteiger partial charge in [0.15, 0.2) is 6.73 Å². The van der Waals surface area contributed by atoms with Crippen LogP contribution in [0.15, 0.2) is 78.0 Å². The zero-order valence-corrected chi connectivity index (χ0v) is 21.0. The molecule has 0 spiro atoms. The van der Waals surface area contributed by atoms with Crippen LogP contribution in [0.1, 0.15) is 23.4 Å². The number of hydrogen-bond acceptors (Lipinski definition) is 5. The number of anilines is 1. The maximum absolute atomic E-state index is 14.3. The average molecular weight is 519 g/mol. The molecule has 1 aliphatic heterocycles. The maximum atomic E-state index is 14.3. The largest absolute Gasteiger partial charge is 0.471 e. The molecule has 1 N–H and O–H groups in total. The summed E-state index contributed by atoms with van der Waals surface area (Å²) in [6.45, 7) is 3.80. The van der Waals surface area contributed by atoms with Gasteiger partial charge in [-0.15, -0.1) is 0 Å². The summed E-state index contributed by atoms with van der Waals surface area (Å²) in [5.74, 6) is -0.201. The molecule has 1 amide bonds. The molecule has 0 aliphatic carbocycles. The van der Waals surface area contributed by atoms with Crippen LogP contribution in [0.2, 0.25) is 5.02 Å². The lowest BCUT2D eigenvalue weighted by Crippen LogP contribution is -2.28. The second-order valence-corrected chi connectivity index (χ2v) is 9.01. The van der Waals surface area contributed by atoms with Gasteiger partial charge in [-0.25, -0.2) is 9.07 Å². The second-order valence-electron chi connectivity index (χ2n) is 8.60. The summed E-state index contributed by atoms with van der Waals surface area (Å²) in [5.41, 5.74) is 4.37. The number of carbonyl (C=O) groups is 1. The SMILES string of the molecule is Cc1nn(COc2ccccc2-c2ccccc2)c(C)c1NC(=O)C1CC(c2c(F)cccc2Cl)=NO1. The number of nitrogens with one attached hydrogen (secondary N) is 1. The van der Waals surface area contributed by atoms with Crippen molar-refractivity contribution in [3.8, 4) is 16.9 Å². The Labute approximate surface area is 218 Å². The van der Waals surface area contributed by atoms with E-state index in [2.05, 4.69) is 15.6 Å². The maximum Gasteiger partial charge on any atom is 0.268 e. The van der Waals surface area contributed by atoms with Gasteiger partial charge in [0.25, 0.3) is 5.91 Å². The number of hydrogen-bond donors (Lipinski definition) is 1. The first-order valence-corrected chi connectivity index (χ1v) is 12.1. The van der Waals surface area contributed by atoms with Crippen molar-refractivity contribution in [3.05, 3.63) is 101 Å². The molecule has 5 rings (SSSR count). The minimum atomic E-state index is -0.915. The summed E-state index contributed by atoms with van der Waals surface area (Å²) < 4.78 is 22.1. The number of benzene rings is 3. The van der Waals surface area contributed by atoms with Crippen molar-refractivity contribution in [2.45, 2.75) is 33.1 Å². The van der Waals surface area contributed by atoms with E-state index >= 15 is 0 Å². The van der Waals surface area contributed by atoms with Crippen molar-refractivity contribution in [1.29, 1.82) is 0 Å². The van der Waals surface area contributed by atoms with Gasteiger partial charge in [0, 0.05) is 12.0 Å². The molecule has 4 aromatic rings. The van der Waals surface area contributed by atoms with Crippen LogP contribution in [-0.2, 0) is 16.4 Å². The van der Waals surface area contributed by atoms with Gasteiger partial charge in [0.2, 0.25) is 6.10 Å². The van der Waals surface area contributed by atoms with Crippen LogP contribution in [0.3, 0.4) is 0 Å². The summed E-state index contributed by atoms with van der Waals surface area (Å²) in [6, 6.07) is 22.1. The van der Waals surface area contributed by atoms with E-state index in [0.717, 1.165) is 22.6 Å². The van der Waals surface area contributed by atoms with Gasteiger partial charge < -0.3 is 14.9 Å². The summed E-state index contributed by atoms with van der Waals surface area (Å²) >= 11 is 6.13. The van der Waals surface area contributed by atoms with Crippen LogP contribution in [0, 0.1) is 19.7 Å². The molecule has 37 heavy (non-hydrogen) atoms. The van der Waals surface area contributed by atoms with E-state index in [1.165, 1.54) is 12.1 Å². The number of aromatic nitrogens is 2. The van der Waals surface area contributed by atoms with E-state index < -0.39 is 17.8 Å². The van der Waals surface area contributed by atoms with Crippen LogP contribution < -0.4 is 10.1 Å². The van der Waals surface area contributed by atoms with Crippen molar-refractivity contribution in [1.82, 2.24) is 9.78 Å². The molecule has 0 bridgehead atoms. The van der Waals surface area contributed by atoms with Crippen molar-refractivity contribution in [2.24, 2.45) is 5.16 Å². The lowest BCUT2D eigenvalue weighted by atomic mass is 10.0. The molecule has 188 valence electrons. The first kappa shape index (κ1) is 24.5. The average Bonchev–Trinajstić information content (AvgIpc) is 3.49. The third kappa shape index (κ3) is 5.06. The highest BCUT2D eigenvalue weighted by Crippen LogP contribution is 2.31. The van der Waals surface area contributed by atoms with E-state index in [-0.39, 0.29) is 29.4 Å². The molecule has 1 atom stereocenters. The summed E-state index contributed by atoms with van der Waals surface area (Å²) in [6.07, 6.45) is -0.820. The Balaban J connectivity index is 1.26. The Kier molecular flexibility index (Phi) is 6.92. The Bertz CT molecular complexity index is 1470. The fourth-order valence-corrected chi connectivity index (χ4v) is 4.50. The molecular weight excluding hydrogens is 495 g/mol. The standard InChI is InChI=1S/C28H24ClFN4O3/c1-17-27(31-28(35)25-15-23(33-37-25)26-21(29)12-8-13-22(26)30)18(2)34(32-17)16-36-24-14-7-6-11-20(24)19-9-4-3-5-10-19/h3-14,25H,15-16H2,1-2H3,(H,31,35). The zero-order chi connectivity index (χ0) is 25.9. The van der Waals surface area contributed by atoms with Crippen LogP contribution in [0.4, 0.5) is 10.1 Å². The number of para-hydroxylation sites is 1. The van der Waals surface area contributed by atoms with Crippen molar-refractivity contribution in [2.75, 3.05) is 5.32 Å². The third-order valence-corrected chi connectivity index (χ3v) is 6.47. The molecular formula is C28H24ClFN4O3. The molecule has 7 nitrogen and oxygen atoms in total. The van der Waals surface area contributed by atoms with E-state index in [4.69, 9.17) is 21.2 Å². The van der Waals surface area contributed by atoms with E-state index in [9.17, 15) is 9.18 Å². The minimum Gasteiger partial charge on any atom is -0.471 e. The summed E-state index contributed by atoms with van der Waals surface area (Å²) in [4.78, 5) is 18.3. The molecule has 1 aromatic heterocycles. The first-order chi connectivity index (χ1) is 17.9. The molecule has 3 aromatic carbocycles. The van der Waals surface area contributed by atoms with Gasteiger partial charge >= 0.3 is 0 Å². The van der Waals surface area contributed by atoms with Gasteiger partial charge in [-0.1, -0.05) is 71.4 Å². The lowest BCUT2D eigenvalue weighted by Gasteiger charge is -2.13. The topological polar surface area (TPSA) is 77.7 Å². The highest BCUT2D eigenvalue weighted by Gasteiger charge is 2.32. The number of ether oxygens (including phenoxy) is 1. The number of rotatable bonds is 7. The molecule has 0 radical (unpaired) electrons. The lowest BCUT2D eigenvalue weighted by molar-refractivity contribution is -0.125. The predicted molar refractivity (Wildman–Crippen MR) is 140 cm³/mol. The Morgan fingerprint density at radius 2 is 1.86 bits per heavy atom. The molecule has 1 aliphatic rings. The van der Waals surface area contributed by atoms with Gasteiger partial charge in [0.05, 0.1) is 33.4 Å². The molecule has 1 unspecified atom stereocenters. The van der Waals surface area contributed by atoms with E-state index in [1.54, 1.807) is 17.7 Å². The van der Waals surface area contributed by atoms with Crippen LogP contribution in [-0.4, -0.2) is 27.5 Å². The monoisotopic (exact) mass is 518 g/mol. The van der Waals surface area contributed by atoms with Gasteiger partial charge in [-0.05, 0) is 37.6 Å². The number of amides is 1. The highest BCUT2D eigenvalue weighted by molar-refractivity contribution is 6.34. The third-order valence-electron chi connectivity index (χ3n) is 6.16. The summed E-state index contributed by atoms with van der Waals surface area (Å²) in [5, 5.41) is 11.5. The number of carbonyl (C=O) groups excluding carboxylic acids is 1. The summed E-state index contributed by atoms with van der Waals surface area (Å²) in [7, 11) is 0. The van der Waals surface area contributed by atoms with Crippen molar-refractivity contribution in [3.63, 3.8) is 0 Å². The van der Waals surface area contributed by atoms with Gasteiger partial charge in [-0.3, -0.25) is 4.79 Å². The van der Waals surface area contributed by atoms with Crippen molar-refractivity contribution < 1.29 is 18.8 Å². The zero-order valence-electron chi connectivity index (χ0n) is 20.2. The van der Waals surface area contributed by atoms with Crippen LogP contribution in [0.25, 0.3) is 11.1 Å². The van der Waals surface area contributed by atoms with Gasteiger partial charge in [-0.2, -0.15) is 5.10 Å². The fourth-order valence-electron chi connectivity index (χ4n) is 4.23. The quantitative estimate of drug-likeness (QED) is 0.319. The molecule has 9 heteroatoms. The van der Waals surface area contributed by atoms with E-state index in [0.29, 0.717) is 11.4 Å².